The van der Waals surface area contributed by atoms with Gasteiger partial charge in [0.25, 0.3) is 0 Å². The summed E-state index contributed by atoms with van der Waals surface area (Å²) in [6.07, 6.45) is 3.53. The number of nitrogens with zero attached hydrogens (tertiary/aromatic N) is 3. The zero-order valence-electron chi connectivity index (χ0n) is 9.54. The second-order valence-corrected chi connectivity index (χ2v) is 4.13. The highest BCUT2D eigenvalue weighted by Gasteiger charge is 2.04. The number of thioether (sulfide) groups is 1. The van der Waals surface area contributed by atoms with Crippen molar-refractivity contribution in [1.29, 1.82) is 0 Å². The summed E-state index contributed by atoms with van der Waals surface area (Å²) >= 11 is 1.41. The summed E-state index contributed by atoms with van der Waals surface area (Å²) in [6.45, 7) is 1.91. The molecule has 0 amide bonds. The van der Waals surface area contributed by atoms with E-state index in [0.29, 0.717) is 22.6 Å². The van der Waals surface area contributed by atoms with E-state index < -0.39 is 0 Å². The van der Waals surface area contributed by atoms with Crippen LogP contribution in [0.3, 0.4) is 0 Å². The molecule has 0 bridgehead atoms. The van der Waals surface area contributed by atoms with Crippen molar-refractivity contribution in [2.75, 3.05) is 12.0 Å². The first-order valence-corrected chi connectivity index (χ1v) is 6.19. The third-order valence-corrected chi connectivity index (χ3v) is 2.54. The van der Waals surface area contributed by atoms with Gasteiger partial charge in [0.15, 0.2) is 5.16 Å². The van der Waals surface area contributed by atoms with Crippen LogP contribution in [0.2, 0.25) is 0 Å². The highest BCUT2D eigenvalue weighted by molar-refractivity contribution is 7.98. The Morgan fingerprint density at radius 3 is 2.76 bits per heavy atom. The number of anilines is 1. The Morgan fingerprint density at radius 1 is 1.29 bits per heavy atom. The lowest BCUT2D eigenvalue weighted by Gasteiger charge is -2.06. The molecule has 0 aliphatic heterocycles. The molecule has 17 heavy (non-hydrogen) atoms. The highest BCUT2D eigenvalue weighted by Crippen LogP contribution is 2.22. The first-order chi connectivity index (χ1) is 8.17. The van der Waals surface area contributed by atoms with Crippen molar-refractivity contribution in [2.24, 2.45) is 0 Å². The number of rotatable bonds is 3. The molecular weight excluding hydrogens is 236 g/mol. The van der Waals surface area contributed by atoms with Crippen molar-refractivity contribution < 1.29 is 4.74 Å². The molecule has 0 radical (unpaired) electrons. The maximum absolute atomic E-state index is 5.65. The second kappa shape index (κ2) is 5.01. The zero-order valence-corrected chi connectivity index (χ0v) is 10.4. The van der Waals surface area contributed by atoms with Crippen LogP contribution in [0.1, 0.15) is 5.69 Å². The molecule has 0 aliphatic rings. The van der Waals surface area contributed by atoms with E-state index in [0.717, 1.165) is 5.69 Å². The van der Waals surface area contributed by atoms with Crippen LogP contribution in [0.15, 0.2) is 29.6 Å². The van der Waals surface area contributed by atoms with E-state index in [1.54, 1.807) is 12.3 Å². The number of hydrogen-bond donors (Lipinski definition) is 1. The molecule has 0 aliphatic carbocycles. The minimum Gasteiger partial charge on any atom is -0.437 e. The summed E-state index contributed by atoms with van der Waals surface area (Å²) in [5.41, 5.74) is 6.59. The standard InChI is InChI=1S/C11H12N4OS/c1-7-3-4-8(6-13-7)16-10-5-9(12)14-11(15-10)17-2/h3-6H,1-2H3,(H2,12,14,15). The number of nitrogen functional groups attached to an aromatic ring is 1. The number of aromatic nitrogens is 3. The molecule has 0 unspecified atom stereocenters. The average Bonchev–Trinajstić information content (AvgIpc) is 2.31. The Morgan fingerprint density at radius 2 is 2.12 bits per heavy atom. The minimum atomic E-state index is 0.388. The number of nitrogens with two attached hydrogens (primary N) is 1. The SMILES string of the molecule is CSc1nc(N)cc(Oc2ccc(C)nc2)n1. The van der Waals surface area contributed by atoms with E-state index in [2.05, 4.69) is 15.0 Å². The van der Waals surface area contributed by atoms with Gasteiger partial charge in [0, 0.05) is 11.8 Å². The predicted molar refractivity (Wildman–Crippen MR) is 67.3 cm³/mol. The fourth-order valence-electron chi connectivity index (χ4n) is 1.20. The molecule has 5 nitrogen and oxygen atoms in total. The van der Waals surface area contributed by atoms with Gasteiger partial charge in [0.2, 0.25) is 5.88 Å². The average molecular weight is 248 g/mol. The molecule has 2 N–H and O–H groups in total. The Bertz CT molecular complexity index is 515. The maximum atomic E-state index is 5.65. The second-order valence-electron chi connectivity index (χ2n) is 3.36. The van der Waals surface area contributed by atoms with E-state index in [1.165, 1.54) is 11.8 Å². The molecule has 0 saturated carbocycles. The van der Waals surface area contributed by atoms with Gasteiger partial charge < -0.3 is 10.5 Å². The summed E-state index contributed by atoms with van der Waals surface area (Å²) in [5, 5.41) is 0.583. The normalized spacial score (nSPS) is 10.2. The summed E-state index contributed by atoms with van der Waals surface area (Å²) in [4.78, 5) is 12.4. The Hall–Kier alpha value is -1.82. The molecule has 0 atom stereocenters. The lowest BCUT2D eigenvalue weighted by atomic mass is 10.4. The zero-order chi connectivity index (χ0) is 12.3. The molecule has 2 aromatic rings. The summed E-state index contributed by atoms with van der Waals surface area (Å²) in [6, 6.07) is 5.29. The lowest BCUT2D eigenvalue weighted by molar-refractivity contribution is 0.454. The maximum Gasteiger partial charge on any atom is 0.225 e. The van der Waals surface area contributed by atoms with Crippen LogP contribution in [0.25, 0.3) is 0 Å². The van der Waals surface area contributed by atoms with Crippen LogP contribution in [-0.2, 0) is 0 Å². The largest absolute Gasteiger partial charge is 0.437 e. The summed E-state index contributed by atoms with van der Waals surface area (Å²) in [7, 11) is 0. The number of aryl methyl sites for hydroxylation is 1. The highest BCUT2D eigenvalue weighted by atomic mass is 32.2. The number of hydrogen-bond acceptors (Lipinski definition) is 6. The van der Waals surface area contributed by atoms with Gasteiger partial charge in [-0.1, -0.05) is 11.8 Å². The van der Waals surface area contributed by atoms with E-state index in [9.17, 15) is 0 Å². The van der Waals surface area contributed by atoms with Crippen molar-refractivity contribution in [3.8, 4) is 11.6 Å². The van der Waals surface area contributed by atoms with Crippen LogP contribution in [0.5, 0.6) is 11.6 Å². The first kappa shape index (κ1) is 11.7. The van der Waals surface area contributed by atoms with Crippen LogP contribution < -0.4 is 10.5 Å². The van der Waals surface area contributed by atoms with E-state index in [-0.39, 0.29) is 0 Å². The fraction of sp³-hybridized carbons (Fsp3) is 0.182. The van der Waals surface area contributed by atoms with E-state index >= 15 is 0 Å². The topological polar surface area (TPSA) is 73.9 Å². The molecule has 88 valence electrons. The van der Waals surface area contributed by atoms with Gasteiger partial charge in [-0.25, -0.2) is 4.98 Å². The van der Waals surface area contributed by atoms with Gasteiger partial charge in [-0.3, -0.25) is 4.98 Å². The molecule has 6 heteroatoms. The molecule has 0 spiro atoms. The first-order valence-electron chi connectivity index (χ1n) is 4.96. The van der Waals surface area contributed by atoms with Crippen molar-refractivity contribution in [1.82, 2.24) is 15.0 Å². The van der Waals surface area contributed by atoms with E-state index in [1.807, 2.05) is 25.3 Å². The van der Waals surface area contributed by atoms with Crippen LogP contribution in [0, 0.1) is 6.92 Å². The summed E-state index contributed by atoms with van der Waals surface area (Å²) < 4.78 is 5.55. The Labute approximate surface area is 103 Å². The van der Waals surface area contributed by atoms with Crippen molar-refractivity contribution in [2.45, 2.75) is 12.1 Å². The molecule has 0 aromatic carbocycles. The quantitative estimate of drug-likeness (QED) is 0.663. The van der Waals surface area contributed by atoms with Crippen LogP contribution >= 0.6 is 11.8 Å². The monoisotopic (exact) mass is 248 g/mol. The molecule has 0 saturated heterocycles. The van der Waals surface area contributed by atoms with Crippen molar-refractivity contribution in [3.63, 3.8) is 0 Å². The van der Waals surface area contributed by atoms with Gasteiger partial charge in [-0.05, 0) is 25.3 Å². The van der Waals surface area contributed by atoms with Gasteiger partial charge in [-0.2, -0.15) is 4.98 Å². The molecule has 2 aromatic heterocycles. The smallest absolute Gasteiger partial charge is 0.225 e. The van der Waals surface area contributed by atoms with Gasteiger partial charge >= 0.3 is 0 Å². The molecular formula is C11H12N4OS. The molecule has 2 heterocycles. The van der Waals surface area contributed by atoms with Crippen LogP contribution in [0.4, 0.5) is 5.82 Å². The van der Waals surface area contributed by atoms with Gasteiger partial charge in [0.1, 0.15) is 11.6 Å². The number of ether oxygens (including phenoxy) is 1. The molecule has 0 fully saturated rings. The third-order valence-electron chi connectivity index (χ3n) is 1.99. The van der Waals surface area contributed by atoms with Gasteiger partial charge in [0.05, 0.1) is 6.20 Å². The van der Waals surface area contributed by atoms with Crippen LogP contribution in [-0.4, -0.2) is 21.2 Å². The number of pyridine rings is 1. The minimum absolute atomic E-state index is 0.388. The Kier molecular flexibility index (Phi) is 3.43. The summed E-state index contributed by atoms with van der Waals surface area (Å²) in [5.74, 6) is 1.44. The molecule has 2 rings (SSSR count). The Balaban J connectivity index is 2.23. The third kappa shape index (κ3) is 3.07. The predicted octanol–water partition coefficient (Wildman–Crippen LogP) is 2.28. The van der Waals surface area contributed by atoms with E-state index in [4.69, 9.17) is 10.5 Å². The van der Waals surface area contributed by atoms with Gasteiger partial charge in [-0.15, -0.1) is 0 Å². The lowest BCUT2D eigenvalue weighted by Crippen LogP contribution is -1.97. The van der Waals surface area contributed by atoms with Crippen molar-refractivity contribution in [3.05, 3.63) is 30.1 Å². The fourth-order valence-corrected chi connectivity index (χ4v) is 1.58. The van der Waals surface area contributed by atoms with Crippen molar-refractivity contribution >= 4 is 17.6 Å².